The lowest BCUT2D eigenvalue weighted by Gasteiger charge is -2.17. The van der Waals surface area contributed by atoms with Crippen LogP contribution < -0.4 is 10.6 Å². The van der Waals surface area contributed by atoms with Gasteiger partial charge in [0.05, 0.1) is 12.5 Å². The minimum absolute atomic E-state index is 0.127. The molecule has 1 aliphatic heterocycles. The molecule has 1 amide bonds. The molecule has 4 heteroatoms. The zero-order chi connectivity index (χ0) is 12.3. The third-order valence-corrected chi connectivity index (χ3v) is 2.96. The van der Waals surface area contributed by atoms with Gasteiger partial charge in [-0.25, -0.2) is 0 Å². The maximum Gasteiger partial charge on any atom is 0.231 e. The molecule has 0 spiro atoms. The zero-order valence-corrected chi connectivity index (χ0v) is 9.65. The Morgan fingerprint density at radius 2 is 2.24 bits per heavy atom. The Balaban J connectivity index is 2.05. The van der Waals surface area contributed by atoms with Gasteiger partial charge < -0.3 is 10.6 Å². The Morgan fingerprint density at radius 1 is 1.41 bits per heavy atom. The van der Waals surface area contributed by atoms with Crippen molar-refractivity contribution in [2.45, 2.75) is 25.7 Å². The summed E-state index contributed by atoms with van der Waals surface area (Å²) in [4.78, 5) is 13.6. The molecule has 2 rings (SSSR count). The maximum absolute atomic E-state index is 11.8. The van der Waals surface area contributed by atoms with E-state index < -0.39 is 0 Å². The number of nitrogen functional groups attached to an aromatic ring is 1. The van der Waals surface area contributed by atoms with E-state index in [1.54, 1.807) is 4.90 Å². The van der Waals surface area contributed by atoms with Crippen molar-refractivity contribution in [3.8, 4) is 6.07 Å². The lowest BCUT2D eigenvalue weighted by atomic mass is 10.1. The number of carbonyl (C=O) groups is 1. The van der Waals surface area contributed by atoms with Crippen molar-refractivity contribution in [2.75, 3.05) is 17.2 Å². The number of unbranched alkanes of at least 4 members (excludes halogenated alkanes) is 2. The third kappa shape index (κ3) is 2.39. The van der Waals surface area contributed by atoms with E-state index in [4.69, 9.17) is 11.0 Å². The molecule has 4 nitrogen and oxygen atoms in total. The first-order chi connectivity index (χ1) is 8.22. The monoisotopic (exact) mass is 229 g/mol. The quantitative estimate of drug-likeness (QED) is 0.632. The first-order valence-corrected chi connectivity index (χ1v) is 5.78. The molecule has 1 aromatic rings. The second-order valence-corrected chi connectivity index (χ2v) is 4.23. The highest BCUT2D eigenvalue weighted by Gasteiger charge is 2.26. The SMILES string of the molecule is N#CCCCCN1C(=O)Cc2cc(N)ccc21. The van der Waals surface area contributed by atoms with Gasteiger partial charge in [-0.2, -0.15) is 5.26 Å². The first-order valence-electron chi connectivity index (χ1n) is 5.78. The van der Waals surface area contributed by atoms with E-state index in [-0.39, 0.29) is 5.91 Å². The molecule has 0 bridgehead atoms. The molecule has 1 heterocycles. The summed E-state index contributed by atoms with van der Waals surface area (Å²) in [5, 5.41) is 8.45. The van der Waals surface area contributed by atoms with Crippen LogP contribution in [0.5, 0.6) is 0 Å². The molecule has 0 radical (unpaired) electrons. The summed E-state index contributed by atoms with van der Waals surface area (Å²) in [6, 6.07) is 7.70. The van der Waals surface area contributed by atoms with E-state index in [9.17, 15) is 4.79 Å². The number of benzene rings is 1. The minimum atomic E-state index is 0.127. The molecular formula is C13H15N3O. The summed E-state index contributed by atoms with van der Waals surface area (Å²) in [5.41, 5.74) is 8.38. The fraction of sp³-hybridized carbons (Fsp3) is 0.385. The molecule has 0 fully saturated rings. The molecule has 0 saturated heterocycles. The van der Waals surface area contributed by atoms with Crippen LogP contribution >= 0.6 is 0 Å². The van der Waals surface area contributed by atoms with Gasteiger partial charge >= 0.3 is 0 Å². The number of rotatable bonds is 4. The zero-order valence-electron chi connectivity index (χ0n) is 9.65. The molecule has 1 aliphatic rings. The molecule has 88 valence electrons. The maximum atomic E-state index is 11.8. The summed E-state index contributed by atoms with van der Waals surface area (Å²) in [7, 11) is 0. The van der Waals surface area contributed by atoms with Gasteiger partial charge in [-0.1, -0.05) is 0 Å². The van der Waals surface area contributed by atoms with Crippen LogP contribution in [0.25, 0.3) is 0 Å². The van der Waals surface area contributed by atoms with Crippen LogP contribution in [0.3, 0.4) is 0 Å². The minimum Gasteiger partial charge on any atom is -0.399 e. The fourth-order valence-corrected chi connectivity index (χ4v) is 2.12. The Morgan fingerprint density at radius 3 is 3.00 bits per heavy atom. The summed E-state index contributed by atoms with van der Waals surface area (Å²) in [5.74, 6) is 0.127. The van der Waals surface area contributed by atoms with Crippen molar-refractivity contribution in [2.24, 2.45) is 0 Å². The van der Waals surface area contributed by atoms with Gasteiger partial charge in [-0.15, -0.1) is 0 Å². The van der Waals surface area contributed by atoms with Crippen molar-refractivity contribution in [3.05, 3.63) is 23.8 Å². The van der Waals surface area contributed by atoms with Crippen LogP contribution in [0.4, 0.5) is 11.4 Å². The van der Waals surface area contributed by atoms with Crippen LogP contribution in [0.1, 0.15) is 24.8 Å². The molecule has 2 N–H and O–H groups in total. The highest BCUT2D eigenvalue weighted by atomic mass is 16.2. The predicted octanol–water partition coefficient (Wildman–Crippen LogP) is 1.85. The van der Waals surface area contributed by atoms with Gasteiger partial charge in [-0.05, 0) is 36.6 Å². The number of carbonyl (C=O) groups excluding carboxylic acids is 1. The summed E-state index contributed by atoms with van der Waals surface area (Å²) in [6.07, 6.45) is 2.70. The van der Waals surface area contributed by atoms with E-state index in [0.717, 1.165) is 24.1 Å². The van der Waals surface area contributed by atoms with Gasteiger partial charge in [-0.3, -0.25) is 4.79 Å². The molecule has 0 aromatic heterocycles. The molecular weight excluding hydrogens is 214 g/mol. The van der Waals surface area contributed by atoms with Crippen LogP contribution in [0, 0.1) is 11.3 Å². The average Bonchev–Trinajstić information content (AvgIpc) is 2.60. The van der Waals surface area contributed by atoms with Gasteiger partial charge in [0, 0.05) is 24.3 Å². The van der Waals surface area contributed by atoms with E-state index in [1.807, 2.05) is 18.2 Å². The smallest absolute Gasteiger partial charge is 0.231 e. The fourth-order valence-electron chi connectivity index (χ4n) is 2.12. The highest BCUT2D eigenvalue weighted by molar-refractivity contribution is 6.01. The molecule has 17 heavy (non-hydrogen) atoms. The van der Waals surface area contributed by atoms with E-state index in [2.05, 4.69) is 6.07 Å². The van der Waals surface area contributed by atoms with Crippen LogP contribution in [-0.2, 0) is 11.2 Å². The second kappa shape index (κ2) is 4.88. The van der Waals surface area contributed by atoms with Crippen molar-refractivity contribution in [1.29, 1.82) is 5.26 Å². The Kier molecular flexibility index (Phi) is 3.29. The van der Waals surface area contributed by atoms with Gasteiger partial charge in [0.1, 0.15) is 0 Å². The van der Waals surface area contributed by atoms with Crippen LogP contribution in [0.15, 0.2) is 18.2 Å². The standard InChI is InChI=1S/C13H15N3O/c14-6-2-1-3-7-16-12-5-4-11(15)8-10(12)9-13(16)17/h4-5,8H,1-3,7,9,15H2. The molecule has 0 aliphatic carbocycles. The second-order valence-electron chi connectivity index (χ2n) is 4.23. The topological polar surface area (TPSA) is 70.1 Å². The number of anilines is 2. The Bertz CT molecular complexity index is 476. The lowest BCUT2D eigenvalue weighted by molar-refractivity contribution is -0.117. The van der Waals surface area contributed by atoms with Gasteiger partial charge in [0.2, 0.25) is 5.91 Å². The largest absolute Gasteiger partial charge is 0.399 e. The number of nitrogens with two attached hydrogens (primary N) is 1. The van der Waals surface area contributed by atoms with E-state index in [0.29, 0.717) is 25.1 Å². The lowest BCUT2D eigenvalue weighted by Crippen LogP contribution is -2.27. The molecule has 0 unspecified atom stereocenters. The number of nitrogens with zero attached hydrogens (tertiary/aromatic N) is 2. The summed E-state index contributed by atoms with van der Waals surface area (Å²) < 4.78 is 0. The van der Waals surface area contributed by atoms with Crippen molar-refractivity contribution in [3.63, 3.8) is 0 Å². The Labute approximate surface area is 101 Å². The normalized spacial score (nSPS) is 13.6. The number of hydrogen-bond donors (Lipinski definition) is 1. The van der Waals surface area contributed by atoms with Crippen LogP contribution in [0.2, 0.25) is 0 Å². The van der Waals surface area contributed by atoms with Gasteiger partial charge in [0.25, 0.3) is 0 Å². The van der Waals surface area contributed by atoms with E-state index >= 15 is 0 Å². The first kappa shape index (κ1) is 11.5. The predicted molar refractivity (Wildman–Crippen MR) is 66.4 cm³/mol. The number of amides is 1. The van der Waals surface area contributed by atoms with E-state index in [1.165, 1.54) is 0 Å². The summed E-state index contributed by atoms with van der Waals surface area (Å²) >= 11 is 0. The summed E-state index contributed by atoms with van der Waals surface area (Å²) in [6.45, 7) is 0.692. The molecule has 0 saturated carbocycles. The van der Waals surface area contributed by atoms with Crippen LogP contribution in [-0.4, -0.2) is 12.5 Å². The van der Waals surface area contributed by atoms with Crippen molar-refractivity contribution < 1.29 is 4.79 Å². The molecule has 1 aromatic carbocycles. The van der Waals surface area contributed by atoms with Gasteiger partial charge in [0.15, 0.2) is 0 Å². The highest BCUT2D eigenvalue weighted by Crippen LogP contribution is 2.30. The number of fused-ring (bicyclic) bond motifs is 1. The third-order valence-electron chi connectivity index (χ3n) is 2.96. The molecule has 0 atom stereocenters. The number of nitriles is 1. The average molecular weight is 229 g/mol. The van der Waals surface area contributed by atoms with Crippen molar-refractivity contribution in [1.82, 2.24) is 0 Å². The number of hydrogen-bond acceptors (Lipinski definition) is 3. The van der Waals surface area contributed by atoms with Crippen molar-refractivity contribution >= 4 is 17.3 Å². The Hall–Kier alpha value is -2.02.